The number of hydrogen-bond acceptors (Lipinski definition) is 6. The molecule has 0 bridgehead atoms. The van der Waals surface area contributed by atoms with Gasteiger partial charge < -0.3 is 20.3 Å². The minimum Gasteiger partial charge on any atom is -0.478 e. The number of hydrogen-bond donors (Lipinski definition) is 4. The average molecular weight is 428 g/mol. The van der Waals surface area contributed by atoms with Crippen LogP contribution in [-0.4, -0.2) is 37.4 Å². The Hall–Kier alpha value is -4.53. The molecule has 2 aromatic heterocycles. The highest BCUT2D eigenvalue weighted by Gasteiger charge is 2.12. The van der Waals surface area contributed by atoms with Gasteiger partial charge in [-0.1, -0.05) is 0 Å². The van der Waals surface area contributed by atoms with Crippen molar-refractivity contribution in [2.24, 2.45) is 7.05 Å². The number of anilines is 1. The van der Waals surface area contributed by atoms with Crippen LogP contribution in [0.2, 0.25) is 0 Å². The number of carboxylic acid groups (broad SMARTS) is 1. The van der Waals surface area contributed by atoms with Gasteiger partial charge in [0.1, 0.15) is 11.7 Å². The zero-order chi connectivity index (χ0) is 22.7. The first kappa shape index (κ1) is 20.7. The number of carbonyl (C=O) groups excluding carboxylic acids is 1. The number of nitrogens with one attached hydrogen (secondary N) is 3. The molecule has 160 valence electrons. The summed E-state index contributed by atoms with van der Waals surface area (Å²) in [4.78, 5) is 31.8. The van der Waals surface area contributed by atoms with Gasteiger partial charge in [-0.05, 0) is 54.6 Å². The van der Waals surface area contributed by atoms with E-state index in [2.05, 4.69) is 20.6 Å². The van der Waals surface area contributed by atoms with Crippen molar-refractivity contribution < 1.29 is 14.7 Å². The van der Waals surface area contributed by atoms with Crippen LogP contribution in [0.3, 0.4) is 0 Å². The second-order valence-electron chi connectivity index (χ2n) is 7.10. The predicted molar refractivity (Wildman–Crippen MR) is 120 cm³/mol. The van der Waals surface area contributed by atoms with Crippen molar-refractivity contribution in [2.45, 2.75) is 6.54 Å². The number of rotatable bonds is 6. The number of aryl methyl sites for hydroxylation is 1. The Bertz CT molecular complexity index is 1310. The van der Waals surface area contributed by atoms with E-state index in [0.29, 0.717) is 23.2 Å². The molecular formula is C23H20N6O3. The number of imidazole rings is 1. The van der Waals surface area contributed by atoms with E-state index in [4.69, 9.17) is 10.5 Å². The number of nitrogens with zero attached hydrogens (tertiary/aromatic N) is 3. The van der Waals surface area contributed by atoms with E-state index in [-0.39, 0.29) is 11.4 Å². The first-order chi connectivity index (χ1) is 15.4. The van der Waals surface area contributed by atoms with Gasteiger partial charge in [-0.3, -0.25) is 15.2 Å². The summed E-state index contributed by atoms with van der Waals surface area (Å²) in [6, 6.07) is 15.3. The van der Waals surface area contributed by atoms with Crippen LogP contribution in [0.25, 0.3) is 11.0 Å². The molecule has 2 aromatic carbocycles. The van der Waals surface area contributed by atoms with Gasteiger partial charge >= 0.3 is 5.97 Å². The van der Waals surface area contributed by atoms with Crippen molar-refractivity contribution in [3.63, 3.8) is 0 Å². The fraction of sp³-hybridized carbons (Fsp3) is 0.0870. The van der Waals surface area contributed by atoms with Gasteiger partial charge in [-0.25, -0.2) is 9.78 Å². The molecule has 1 amide bonds. The Balaban J connectivity index is 1.41. The first-order valence-electron chi connectivity index (χ1n) is 9.75. The van der Waals surface area contributed by atoms with Crippen LogP contribution in [0.4, 0.5) is 5.69 Å². The smallest absolute Gasteiger partial charge is 0.335 e. The van der Waals surface area contributed by atoms with E-state index in [1.165, 1.54) is 6.20 Å². The van der Waals surface area contributed by atoms with Crippen LogP contribution in [-0.2, 0) is 13.6 Å². The Kier molecular flexibility index (Phi) is 5.63. The molecule has 0 atom stereocenters. The highest BCUT2D eigenvalue weighted by Crippen LogP contribution is 2.18. The van der Waals surface area contributed by atoms with Gasteiger partial charge in [0.05, 0.1) is 28.7 Å². The monoisotopic (exact) mass is 428 g/mol. The molecule has 0 fully saturated rings. The number of carbonyl (C=O) groups is 2. The molecule has 0 aliphatic heterocycles. The molecule has 0 aliphatic carbocycles. The molecule has 9 nitrogen and oxygen atoms in total. The molecule has 4 rings (SSSR count). The fourth-order valence-electron chi connectivity index (χ4n) is 3.23. The fourth-order valence-corrected chi connectivity index (χ4v) is 3.23. The van der Waals surface area contributed by atoms with E-state index in [1.54, 1.807) is 48.7 Å². The molecule has 0 aliphatic rings. The number of fused-ring (bicyclic) bond motifs is 1. The number of benzene rings is 2. The summed E-state index contributed by atoms with van der Waals surface area (Å²) < 4.78 is 1.91. The topological polar surface area (TPSA) is 133 Å². The molecule has 4 N–H and O–H groups in total. The van der Waals surface area contributed by atoms with Crippen molar-refractivity contribution in [1.29, 1.82) is 5.41 Å². The zero-order valence-corrected chi connectivity index (χ0v) is 17.2. The van der Waals surface area contributed by atoms with Gasteiger partial charge in [-0.2, -0.15) is 0 Å². The minimum atomic E-state index is -0.987. The highest BCUT2D eigenvalue weighted by molar-refractivity contribution is 6.11. The minimum absolute atomic E-state index is 0.00464. The van der Waals surface area contributed by atoms with Crippen LogP contribution in [0, 0.1) is 5.41 Å². The second-order valence-corrected chi connectivity index (χ2v) is 7.10. The van der Waals surface area contributed by atoms with E-state index in [1.807, 2.05) is 23.7 Å². The maximum absolute atomic E-state index is 12.2. The zero-order valence-electron chi connectivity index (χ0n) is 17.2. The summed E-state index contributed by atoms with van der Waals surface area (Å²) in [7, 11) is 1.88. The number of carboxylic acids is 1. The maximum Gasteiger partial charge on any atom is 0.335 e. The number of aromatic nitrogens is 3. The normalized spacial score (nSPS) is 10.7. The lowest BCUT2D eigenvalue weighted by Crippen LogP contribution is -2.30. The van der Waals surface area contributed by atoms with Crippen molar-refractivity contribution in [3.8, 4) is 0 Å². The maximum atomic E-state index is 12.2. The average Bonchev–Trinajstić information content (AvgIpc) is 3.13. The molecule has 0 saturated heterocycles. The third-order valence-electron chi connectivity index (χ3n) is 5.01. The third kappa shape index (κ3) is 4.31. The van der Waals surface area contributed by atoms with Crippen molar-refractivity contribution >= 4 is 34.4 Å². The summed E-state index contributed by atoms with van der Waals surface area (Å²) in [5.74, 6) is -0.629. The van der Waals surface area contributed by atoms with Crippen LogP contribution in [0.5, 0.6) is 0 Å². The summed E-state index contributed by atoms with van der Waals surface area (Å²) >= 11 is 0. The SMILES string of the molecule is Cn1c(CNc2ccc(C(=N)NC(=O)c3cccnc3)cc2)nc2cc(C(=O)O)ccc21. The molecule has 0 radical (unpaired) electrons. The standard InChI is InChI=1S/C23H20N6O3/c1-29-19-9-6-15(23(31)32)11-18(19)27-20(29)13-26-17-7-4-14(5-8-17)21(24)28-22(30)16-3-2-10-25-12-16/h2-12,26H,13H2,1H3,(H,31,32)(H2,24,28,30). The molecule has 0 unspecified atom stereocenters. The van der Waals surface area contributed by atoms with Gasteiger partial charge in [0, 0.05) is 30.7 Å². The van der Waals surface area contributed by atoms with E-state index in [0.717, 1.165) is 17.0 Å². The lowest BCUT2D eigenvalue weighted by molar-refractivity contribution is 0.0696. The van der Waals surface area contributed by atoms with Crippen molar-refractivity contribution in [3.05, 3.63) is 89.5 Å². The summed E-state index contributed by atoms with van der Waals surface area (Å²) in [5.41, 5.74) is 3.43. The number of aromatic carboxylic acids is 1. The molecule has 32 heavy (non-hydrogen) atoms. The van der Waals surface area contributed by atoms with E-state index in [9.17, 15) is 9.59 Å². The lowest BCUT2D eigenvalue weighted by Gasteiger charge is -2.09. The Morgan fingerprint density at radius 2 is 1.81 bits per heavy atom. The summed E-state index contributed by atoms with van der Waals surface area (Å²) in [5, 5.41) is 23.1. The van der Waals surface area contributed by atoms with Crippen LogP contribution in [0.1, 0.15) is 32.1 Å². The summed E-state index contributed by atoms with van der Waals surface area (Å²) in [6.45, 7) is 0.433. The van der Waals surface area contributed by atoms with Crippen LogP contribution >= 0.6 is 0 Å². The van der Waals surface area contributed by atoms with Crippen molar-refractivity contribution in [1.82, 2.24) is 19.9 Å². The van der Waals surface area contributed by atoms with Gasteiger partial charge in [0.2, 0.25) is 0 Å². The number of pyridine rings is 1. The lowest BCUT2D eigenvalue weighted by atomic mass is 10.1. The first-order valence-corrected chi connectivity index (χ1v) is 9.75. The molecule has 4 aromatic rings. The highest BCUT2D eigenvalue weighted by atomic mass is 16.4. The quantitative estimate of drug-likeness (QED) is 0.276. The third-order valence-corrected chi connectivity index (χ3v) is 5.01. The number of amidine groups is 1. The molecular weight excluding hydrogens is 408 g/mol. The summed E-state index contributed by atoms with van der Waals surface area (Å²) in [6.07, 6.45) is 3.02. The Morgan fingerprint density at radius 1 is 1.06 bits per heavy atom. The van der Waals surface area contributed by atoms with Crippen LogP contribution < -0.4 is 10.6 Å². The van der Waals surface area contributed by atoms with Crippen molar-refractivity contribution in [2.75, 3.05) is 5.32 Å². The van der Waals surface area contributed by atoms with Gasteiger partial charge in [-0.15, -0.1) is 0 Å². The molecule has 0 spiro atoms. The Labute approximate surface area is 183 Å². The van der Waals surface area contributed by atoms with E-state index < -0.39 is 11.9 Å². The molecule has 2 heterocycles. The Morgan fingerprint density at radius 3 is 2.50 bits per heavy atom. The van der Waals surface area contributed by atoms with E-state index >= 15 is 0 Å². The second kappa shape index (κ2) is 8.68. The molecule has 9 heteroatoms. The number of amides is 1. The van der Waals surface area contributed by atoms with Gasteiger partial charge in [0.15, 0.2) is 0 Å². The largest absolute Gasteiger partial charge is 0.478 e. The van der Waals surface area contributed by atoms with Gasteiger partial charge in [0.25, 0.3) is 5.91 Å². The van der Waals surface area contributed by atoms with Crippen LogP contribution in [0.15, 0.2) is 67.0 Å². The predicted octanol–water partition coefficient (Wildman–Crippen LogP) is 3.03. The molecule has 0 saturated carbocycles.